The van der Waals surface area contributed by atoms with Gasteiger partial charge in [-0.25, -0.2) is 0 Å². The minimum Gasteiger partial charge on any atom is -0.352 e. The molecule has 2 aromatic carbocycles. The van der Waals surface area contributed by atoms with E-state index in [2.05, 4.69) is 5.32 Å². The topological polar surface area (TPSA) is 49.4 Å². The van der Waals surface area contributed by atoms with E-state index in [1.165, 1.54) is 6.42 Å². The van der Waals surface area contributed by atoms with Crippen LogP contribution in [0.25, 0.3) is 0 Å². The molecule has 1 fully saturated rings. The molecule has 0 radical (unpaired) electrons. The Kier molecular flexibility index (Phi) is 8.65. The van der Waals surface area contributed by atoms with Gasteiger partial charge in [-0.1, -0.05) is 72.3 Å². The Morgan fingerprint density at radius 2 is 1.61 bits per heavy atom. The molecule has 1 atom stereocenters. The van der Waals surface area contributed by atoms with Gasteiger partial charge in [-0.2, -0.15) is 0 Å². The highest BCUT2D eigenvalue weighted by atomic mass is 35.5. The van der Waals surface area contributed by atoms with Crippen molar-refractivity contribution in [2.45, 2.75) is 64.1 Å². The zero-order valence-electron chi connectivity index (χ0n) is 17.5. The first-order valence-electron chi connectivity index (χ1n) is 10.6. The molecule has 0 aliphatic heterocycles. The summed E-state index contributed by atoms with van der Waals surface area (Å²) < 4.78 is 0. The number of hydrogen-bond acceptors (Lipinski definition) is 2. The molecule has 0 spiro atoms. The van der Waals surface area contributed by atoms with Crippen molar-refractivity contribution in [3.63, 3.8) is 0 Å². The molecule has 7 heteroatoms. The molecule has 1 aliphatic rings. The summed E-state index contributed by atoms with van der Waals surface area (Å²) in [6, 6.07) is 12.0. The second kappa shape index (κ2) is 11.2. The number of benzene rings is 2. The Balaban J connectivity index is 1.76. The Morgan fingerprint density at radius 1 is 0.968 bits per heavy atom. The first-order valence-corrected chi connectivity index (χ1v) is 11.7. The lowest BCUT2D eigenvalue weighted by atomic mass is 9.95. The lowest BCUT2D eigenvalue weighted by Crippen LogP contribution is -2.50. The molecule has 3 rings (SSSR count). The van der Waals surface area contributed by atoms with E-state index in [1.807, 2.05) is 12.1 Å². The van der Waals surface area contributed by atoms with Crippen LogP contribution in [0.2, 0.25) is 15.1 Å². The molecule has 4 nitrogen and oxygen atoms in total. The van der Waals surface area contributed by atoms with Crippen LogP contribution in [0, 0.1) is 0 Å². The first-order chi connectivity index (χ1) is 14.8. The molecule has 2 amide bonds. The van der Waals surface area contributed by atoms with Crippen molar-refractivity contribution >= 4 is 46.6 Å². The summed E-state index contributed by atoms with van der Waals surface area (Å²) in [6.45, 7) is 2.09. The number of halogens is 3. The monoisotopic (exact) mass is 480 g/mol. The molecule has 0 heterocycles. The van der Waals surface area contributed by atoms with E-state index in [0.717, 1.165) is 36.8 Å². The molecular weight excluding hydrogens is 455 g/mol. The molecule has 31 heavy (non-hydrogen) atoms. The van der Waals surface area contributed by atoms with Gasteiger partial charge in [-0.3, -0.25) is 9.59 Å². The third-order valence-corrected chi connectivity index (χ3v) is 6.72. The molecule has 2 aromatic rings. The van der Waals surface area contributed by atoms with Crippen LogP contribution in [0.15, 0.2) is 42.5 Å². The smallest absolute Gasteiger partial charge is 0.242 e. The Morgan fingerprint density at radius 3 is 2.26 bits per heavy atom. The molecule has 0 unspecified atom stereocenters. The molecular formula is C24H27Cl3N2O2. The number of carbonyl (C=O) groups excluding carboxylic acids is 2. The van der Waals surface area contributed by atoms with Gasteiger partial charge in [0.05, 0.1) is 16.5 Å². The lowest BCUT2D eigenvalue weighted by molar-refractivity contribution is -0.140. The van der Waals surface area contributed by atoms with Gasteiger partial charge >= 0.3 is 0 Å². The number of nitrogens with zero attached hydrogens (tertiary/aromatic N) is 1. The van der Waals surface area contributed by atoms with Crippen LogP contribution in [-0.2, 0) is 22.6 Å². The van der Waals surface area contributed by atoms with Crippen molar-refractivity contribution in [2.24, 2.45) is 0 Å². The SMILES string of the molecule is C[C@H](C(=O)NC1CCCCC1)N(Cc1ccc(Cl)cc1)C(=O)Cc1ccc(Cl)c(Cl)c1. The summed E-state index contributed by atoms with van der Waals surface area (Å²) in [7, 11) is 0. The maximum absolute atomic E-state index is 13.3. The molecule has 166 valence electrons. The van der Waals surface area contributed by atoms with Crippen LogP contribution in [0.3, 0.4) is 0 Å². The summed E-state index contributed by atoms with van der Waals surface area (Å²) >= 11 is 18.1. The number of hydrogen-bond donors (Lipinski definition) is 1. The fourth-order valence-corrected chi connectivity index (χ4v) is 4.31. The fraction of sp³-hybridized carbons (Fsp3) is 0.417. The van der Waals surface area contributed by atoms with Crippen molar-refractivity contribution in [1.82, 2.24) is 10.2 Å². The van der Waals surface area contributed by atoms with Crippen LogP contribution in [0.5, 0.6) is 0 Å². The standard InChI is InChI=1S/C24H27Cl3N2O2/c1-16(24(31)28-20-5-3-2-4-6-20)29(15-17-7-10-19(25)11-8-17)23(30)14-18-9-12-21(26)22(27)13-18/h7-13,16,20H,2-6,14-15H2,1H3,(H,28,31)/t16-/m1/s1. The zero-order chi connectivity index (χ0) is 22.4. The third kappa shape index (κ3) is 6.86. The van der Waals surface area contributed by atoms with E-state index in [-0.39, 0.29) is 24.3 Å². The average Bonchev–Trinajstić information content (AvgIpc) is 2.76. The highest BCUT2D eigenvalue weighted by Gasteiger charge is 2.28. The predicted octanol–water partition coefficient (Wildman–Crippen LogP) is 6.06. The molecule has 1 saturated carbocycles. The maximum atomic E-state index is 13.3. The van der Waals surface area contributed by atoms with Gasteiger partial charge in [0.2, 0.25) is 11.8 Å². The van der Waals surface area contributed by atoms with Crippen LogP contribution < -0.4 is 5.32 Å². The van der Waals surface area contributed by atoms with Gasteiger partial charge in [0.15, 0.2) is 0 Å². The van der Waals surface area contributed by atoms with Crippen molar-refractivity contribution in [3.8, 4) is 0 Å². The summed E-state index contributed by atoms with van der Waals surface area (Å²) in [4.78, 5) is 27.9. The number of carbonyl (C=O) groups is 2. The second-order valence-electron chi connectivity index (χ2n) is 8.09. The van der Waals surface area contributed by atoms with Gasteiger partial charge in [-0.05, 0) is 55.2 Å². The summed E-state index contributed by atoms with van der Waals surface area (Å²) in [6.07, 6.45) is 5.59. The minimum atomic E-state index is -0.604. The van der Waals surface area contributed by atoms with E-state index in [1.54, 1.807) is 42.2 Å². The minimum absolute atomic E-state index is 0.122. The largest absolute Gasteiger partial charge is 0.352 e. The zero-order valence-corrected chi connectivity index (χ0v) is 19.8. The van der Waals surface area contributed by atoms with E-state index < -0.39 is 6.04 Å². The summed E-state index contributed by atoms with van der Waals surface area (Å²) in [5, 5.41) is 4.61. The Hall–Kier alpha value is -1.75. The molecule has 0 bridgehead atoms. The van der Waals surface area contributed by atoms with E-state index in [4.69, 9.17) is 34.8 Å². The average molecular weight is 482 g/mol. The third-order valence-electron chi connectivity index (χ3n) is 5.72. The van der Waals surface area contributed by atoms with Gasteiger partial charge in [0.25, 0.3) is 0 Å². The van der Waals surface area contributed by atoms with Crippen molar-refractivity contribution < 1.29 is 9.59 Å². The molecule has 0 aromatic heterocycles. The van der Waals surface area contributed by atoms with Crippen LogP contribution >= 0.6 is 34.8 Å². The Labute approximate surface area is 198 Å². The molecule has 1 N–H and O–H groups in total. The first kappa shape index (κ1) is 23.9. The van der Waals surface area contributed by atoms with Gasteiger partial charge in [-0.15, -0.1) is 0 Å². The van der Waals surface area contributed by atoms with E-state index >= 15 is 0 Å². The van der Waals surface area contributed by atoms with Crippen LogP contribution in [-0.4, -0.2) is 28.8 Å². The van der Waals surface area contributed by atoms with E-state index in [0.29, 0.717) is 21.6 Å². The van der Waals surface area contributed by atoms with Crippen molar-refractivity contribution in [1.29, 1.82) is 0 Å². The van der Waals surface area contributed by atoms with Crippen molar-refractivity contribution in [3.05, 3.63) is 68.7 Å². The van der Waals surface area contributed by atoms with Crippen molar-refractivity contribution in [2.75, 3.05) is 0 Å². The Bertz CT molecular complexity index is 912. The van der Waals surface area contributed by atoms with Gasteiger partial charge in [0.1, 0.15) is 6.04 Å². The summed E-state index contributed by atoms with van der Waals surface area (Å²) in [5.41, 5.74) is 1.66. The van der Waals surface area contributed by atoms with Gasteiger partial charge in [0, 0.05) is 17.6 Å². The normalized spacial score (nSPS) is 15.4. The highest BCUT2D eigenvalue weighted by Crippen LogP contribution is 2.24. The van der Waals surface area contributed by atoms with Crippen LogP contribution in [0.4, 0.5) is 0 Å². The quantitative estimate of drug-likeness (QED) is 0.523. The molecule has 0 saturated heterocycles. The van der Waals surface area contributed by atoms with Gasteiger partial charge < -0.3 is 10.2 Å². The number of rotatable bonds is 7. The lowest BCUT2D eigenvalue weighted by Gasteiger charge is -2.31. The molecule has 1 aliphatic carbocycles. The number of amides is 2. The van der Waals surface area contributed by atoms with Crippen LogP contribution in [0.1, 0.15) is 50.2 Å². The predicted molar refractivity (Wildman–Crippen MR) is 127 cm³/mol. The summed E-state index contributed by atoms with van der Waals surface area (Å²) in [5.74, 6) is -0.275. The highest BCUT2D eigenvalue weighted by molar-refractivity contribution is 6.42. The maximum Gasteiger partial charge on any atom is 0.242 e. The number of nitrogens with one attached hydrogen (secondary N) is 1. The van der Waals surface area contributed by atoms with E-state index in [9.17, 15) is 9.59 Å². The second-order valence-corrected chi connectivity index (χ2v) is 9.34. The fourth-order valence-electron chi connectivity index (χ4n) is 3.86.